The summed E-state index contributed by atoms with van der Waals surface area (Å²) in [6, 6.07) is 36.1. The highest BCUT2D eigenvalue weighted by Gasteiger charge is 2.49. The maximum absolute atomic E-state index is 5.74. The molecule has 0 saturated carbocycles. The number of hydrogen-bond donors (Lipinski definition) is 2. The molecule has 5 aromatic rings. The Bertz CT molecular complexity index is 2090. The van der Waals surface area contributed by atoms with Crippen LogP contribution in [0.4, 0.5) is 17.1 Å². The van der Waals surface area contributed by atoms with E-state index in [1.807, 2.05) is 0 Å². The van der Waals surface area contributed by atoms with Gasteiger partial charge in [-0.25, -0.2) is 0 Å². The van der Waals surface area contributed by atoms with E-state index in [4.69, 9.17) is 11.5 Å². The van der Waals surface area contributed by atoms with Crippen molar-refractivity contribution in [1.29, 1.82) is 0 Å². The van der Waals surface area contributed by atoms with Gasteiger partial charge in [0.15, 0.2) is 0 Å². The average Bonchev–Trinajstić information content (AvgIpc) is 3.68. The first-order valence-electron chi connectivity index (χ1n) is 20.1. The molecular formula is C46H51B2N3. The van der Waals surface area contributed by atoms with Gasteiger partial charge in [0.25, 0.3) is 0 Å². The summed E-state index contributed by atoms with van der Waals surface area (Å²) in [5, 5.41) is 0. The van der Waals surface area contributed by atoms with E-state index in [0.29, 0.717) is 0 Å². The lowest BCUT2D eigenvalue weighted by Gasteiger charge is -2.42. The van der Waals surface area contributed by atoms with Crippen LogP contribution in [0.5, 0.6) is 0 Å². The zero-order chi connectivity index (χ0) is 34.3. The molecule has 0 saturated heterocycles. The van der Waals surface area contributed by atoms with E-state index in [2.05, 4.69) is 95.9 Å². The summed E-state index contributed by atoms with van der Waals surface area (Å²) in [5.74, 6) is 0. The number of anilines is 3. The lowest BCUT2D eigenvalue weighted by atomic mass is 9.32. The summed E-state index contributed by atoms with van der Waals surface area (Å²) in [6.45, 7) is 2.19. The maximum atomic E-state index is 5.74. The number of aryl methyl sites for hydroxylation is 2. The molecule has 0 aliphatic carbocycles. The molecule has 0 unspecified atom stereocenters. The maximum Gasteiger partial charge on any atom is 0.248 e. The Morgan fingerprint density at radius 2 is 0.961 bits per heavy atom. The van der Waals surface area contributed by atoms with Gasteiger partial charge in [0, 0.05) is 17.1 Å². The molecule has 3 nitrogen and oxygen atoms in total. The Balaban J connectivity index is 1.10. The number of rotatable bonds is 16. The molecular weight excluding hydrogens is 616 g/mol. The fourth-order valence-electron chi connectivity index (χ4n) is 10.1. The van der Waals surface area contributed by atoms with Crippen LogP contribution in [0.2, 0.25) is 0 Å². The molecule has 0 atom stereocenters. The number of fused-ring (bicyclic) bond motifs is 10. The first-order valence-corrected chi connectivity index (χ1v) is 20.1. The Labute approximate surface area is 306 Å². The standard InChI is InChI=1S/C46H51B2N3/c49-27-13-7-3-1-5-9-17-32-25-26-39-36(29-32)35-20-15-24-42-44(35)48(39)41-23-16-22-40-46(41)51(42)43-31-33(18-10-6-2-4-8-14-28-50)30-37-34-19-11-12-21-38(34)47(40)45(37)43/h11-12,15-16,19-26,29-31H,1-10,13-14,17-18,27-28,49-50H2. The third-order valence-electron chi connectivity index (χ3n) is 12.4. The first kappa shape index (κ1) is 32.8. The fraction of sp³-hybridized carbons (Fsp3) is 0.348. The number of benzene rings is 5. The third kappa shape index (κ3) is 5.60. The van der Waals surface area contributed by atoms with Crippen molar-refractivity contribution in [1.82, 2.24) is 0 Å². The molecule has 0 amide bonds. The van der Waals surface area contributed by atoms with E-state index in [1.165, 1.54) is 147 Å². The fourth-order valence-corrected chi connectivity index (χ4v) is 10.1. The summed E-state index contributed by atoms with van der Waals surface area (Å²) in [5.41, 5.74) is 33.2. The Kier molecular flexibility index (Phi) is 9.12. The largest absolute Gasteiger partial charge is 0.330 e. The number of nitrogens with two attached hydrogens (primary N) is 2. The Hall–Kier alpha value is -4.05. The summed E-state index contributed by atoms with van der Waals surface area (Å²) in [6.07, 6.45) is 17.5. The number of hydrogen-bond acceptors (Lipinski definition) is 3. The molecule has 5 heteroatoms. The lowest BCUT2D eigenvalue weighted by Crippen LogP contribution is -2.62. The summed E-state index contributed by atoms with van der Waals surface area (Å²) in [4.78, 5) is 2.69. The monoisotopic (exact) mass is 667 g/mol. The van der Waals surface area contributed by atoms with E-state index < -0.39 is 0 Å². The zero-order valence-electron chi connectivity index (χ0n) is 30.2. The van der Waals surface area contributed by atoms with Crippen LogP contribution in [0.3, 0.4) is 0 Å². The van der Waals surface area contributed by atoms with Crippen LogP contribution in [0.25, 0.3) is 22.3 Å². The van der Waals surface area contributed by atoms with Gasteiger partial charge in [-0.3, -0.25) is 0 Å². The van der Waals surface area contributed by atoms with Gasteiger partial charge in [-0.15, -0.1) is 0 Å². The van der Waals surface area contributed by atoms with E-state index in [0.717, 1.165) is 38.8 Å². The van der Waals surface area contributed by atoms with Crippen molar-refractivity contribution < 1.29 is 0 Å². The van der Waals surface area contributed by atoms with E-state index in [-0.39, 0.29) is 13.4 Å². The molecule has 0 fully saturated rings. The van der Waals surface area contributed by atoms with Gasteiger partial charge >= 0.3 is 0 Å². The average molecular weight is 668 g/mol. The van der Waals surface area contributed by atoms with Crippen molar-refractivity contribution in [3.8, 4) is 22.3 Å². The van der Waals surface area contributed by atoms with Crippen LogP contribution in [-0.2, 0) is 12.8 Å². The SMILES string of the molecule is NCCCCCCCCc1ccc2c(c1)-c1cccc3c1B2c1cccc2c1N3c1cc(CCCCCCCCN)cc3c1B2c1ccccc1-3. The molecule has 4 heterocycles. The minimum atomic E-state index is 0.272. The van der Waals surface area contributed by atoms with E-state index in [1.54, 1.807) is 0 Å². The molecule has 4 N–H and O–H groups in total. The van der Waals surface area contributed by atoms with Crippen molar-refractivity contribution in [2.24, 2.45) is 11.5 Å². The van der Waals surface area contributed by atoms with Gasteiger partial charge in [-0.1, -0.05) is 141 Å². The molecule has 0 aromatic heterocycles. The van der Waals surface area contributed by atoms with Crippen molar-refractivity contribution in [3.05, 3.63) is 102 Å². The zero-order valence-corrected chi connectivity index (χ0v) is 30.2. The predicted octanol–water partition coefficient (Wildman–Crippen LogP) is 6.46. The third-order valence-corrected chi connectivity index (χ3v) is 12.4. The van der Waals surface area contributed by atoms with Gasteiger partial charge in [-0.05, 0) is 119 Å². The molecule has 4 aliphatic rings. The minimum absolute atomic E-state index is 0.272. The second-order valence-electron chi connectivity index (χ2n) is 15.6. The number of unbranched alkanes of at least 4 members (excludes halogenated alkanes) is 10. The number of para-hydroxylation sites is 1. The van der Waals surface area contributed by atoms with Gasteiger partial charge in [0.05, 0.1) is 0 Å². The lowest BCUT2D eigenvalue weighted by molar-refractivity contribution is 0.597. The summed E-state index contributed by atoms with van der Waals surface area (Å²) >= 11 is 0. The molecule has 0 bridgehead atoms. The number of nitrogens with zero attached hydrogens (tertiary/aromatic N) is 1. The van der Waals surface area contributed by atoms with Gasteiger partial charge in [0.2, 0.25) is 13.4 Å². The van der Waals surface area contributed by atoms with Crippen molar-refractivity contribution in [3.63, 3.8) is 0 Å². The van der Waals surface area contributed by atoms with Crippen molar-refractivity contribution in [2.45, 2.75) is 89.9 Å². The quantitative estimate of drug-likeness (QED) is 0.0920. The van der Waals surface area contributed by atoms with Crippen molar-refractivity contribution >= 4 is 63.3 Å². The molecule has 51 heavy (non-hydrogen) atoms. The van der Waals surface area contributed by atoms with Crippen LogP contribution < -0.4 is 49.1 Å². The second-order valence-corrected chi connectivity index (χ2v) is 15.6. The van der Waals surface area contributed by atoms with Gasteiger partial charge in [0.1, 0.15) is 0 Å². The van der Waals surface area contributed by atoms with E-state index in [9.17, 15) is 0 Å². The van der Waals surface area contributed by atoms with Crippen LogP contribution in [0.15, 0.2) is 91.0 Å². The Morgan fingerprint density at radius 1 is 0.412 bits per heavy atom. The van der Waals surface area contributed by atoms with Crippen LogP contribution in [0.1, 0.15) is 88.2 Å². The van der Waals surface area contributed by atoms with Gasteiger partial charge in [-0.2, -0.15) is 0 Å². The molecule has 256 valence electrons. The Morgan fingerprint density at radius 3 is 1.69 bits per heavy atom. The van der Waals surface area contributed by atoms with Gasteiger partial charge < -0.3 is 16.4 Å². The highest BCUT2D eigenvalue weighted by molar-refractivity contribution is 7.05. The van der Waals surface area contributed by atoms with E-state index >= 15 is 0 Å². The van der Waals surface area contributed by atoms with Crippen molar-refractivity contribution in [2.75, 3.05) is 18.0 Å². The van der Waals surface area contributed by atoms with Crippen LogP contribution in [-0.4, -0.2) is 26.5 Å². The first-order chi connectivity index (χ1) is 25.3. The highest BCUT2D eigenvalue weighted by Crippen LogP contribution is 2.44. The topological polar surface area (TPSA) is 55.3 Å². The second kappa shape index (κ2) is 14.2. The summed E-state index contributed by atoms with van der Waals surface area (Å²) < 4.78 is 0. The molecule has 9 rings (SSSR count). The van der Waals surface area contributed by atoms with Crippen LogP contribution >= 0.6 is 0 Å². The minimum Gasteiger partial charge on any atom is -0.330 e. The molecule has 0 spiro atoms. The summed E-state index contributed by atoms with van der Waals surface area (Å²) in [7, 11) is 0. The predicted molar refractivity (Wildman–Crippen MR) is 222 cm³/mol. The van der Waals surface area contributed by atoms with Crippen LogP contribution in [0, 0.1) is 0 Å². The normalized spacial score (nSPS) is 13.6. The molecule has 5 aromatic carbocycles. The molecule has 0 radical (unpaired) electrons. The molecule has 4 aliphatic heterocycles. The smallest absolute Gasteiger partial charge is 0.248 e. The highest BCUT2D eigenvalue weighted by atomic mass is 15.2.